The molecule has 0 radical (unpaired) electrons. The van der Waals surface area contributed by atoms with Gasteiger partial charge in [0.05, 0.1) is 11.4 Å². The van der Waals surface area contributed by atoms with Crippen LogP contribution in [0.15, 0.2) is 0 Å². The third-order valence-corrected chi connectivity index (χ3v) is 4.57. The minimum atomic E-state index is -0.0983. The van der Waals surface area contributed by atoms with E-state index in [2.05, 4.69) is 17.3 Å². The monoisotopic (exact) mass is 292 g/mol. The molecule has 5 heteroatoms. The average Bonchev–Trinajstić information content (AvgIpc) is 2.74. The summed E-state index contributed by atoms with van der Waals surface area (Å²) in [5, 5.41) is 7.30. The molecule has 1 saturated carbocycles. The van der Waals surface area contributed by atoms with Crippen molar-refractivity contribution in [2.45, 2.75) is 59.4 Å². The molecule has 2 atom stereocenters. The summed E-state index contributed by atoms with van der Waals surface area (Å²) in [5.74, 6) is 1.49. The molecule has 1 fully saturated rings. The predicted molar refractivity (Wildman–Crippen MR) is 85.1 cm³/mol. The van der Waals surface area contributed by atoms with E-state index in [-0.39, 0.29) is 5.91 Å². The fourth-order valence-corrected chi connectivity index (χ4v) is 3.36. The van der Waals surface area contributed by atoms with E-state index in [1.165, 1.54) is 25.7 Å². The van der Waals surface area contributed by atoms with Crippen molar-refractivity contribution < 1.29 is 4.79 Å². The van der Waals surface area contributed by atoms with Crippen LogP contribution in [0.2, 0.25) is 0 Å². The van der Waals surface area contributed by atoms with E-state index in [9.17, 15) is 4.79 Å². The van der Waals surface area contributed by atoms with Crippen LogP contribution in [0.3, 0.4) is 0 Å². The van der Waals surface area contributed by atoms with Gasteiger partial charge in [-0.1, -0.05) is 26.2 Å². The maximum atomic E-state index is 12.3. The van der Waals surface area contributed by atoms with E-state index in [0.29, 0.717) is 17.9 Å². The Kier molecular flexibility index (Phi) is 5.26. The van der Waals surface area contributed by atoms with Crippen LogP contribution in [0.4, 0.5) is 5.69 Å². The molecule has 3 N–H and O–H groups in total. The van der Waals surface area contributed by atoms with Crippen molar-refractivity contribution in [3.63, 3.8) is 0 Å². The summed E-state index contributed by atoms with van der Waals surface area (Å²) >= 11 is 0. The Labute approximate surface area is 127 Å². The van der Waals surface area contributed by atoms with E-state index < -0.39 is 0 Å². The van der Waals surface area contributed by atoms with Crippen molar-refractivity contribution in [2.75, 3.05) is 12.3 Å². The lowest BCUT2D eigenvalue weighted by Gasteiger charge is -2.26. The van der Waals surface area contributed by atoms with Crippen molar-refractivity contribution in [1.82, 2.24) is 15.1 Å². The molecule has 0 saturated heterocycles. The van der Waals surface area contributed by atoms with Crippen LogP contribution < -0.4 is 11.1 Å². The highest BCUT2D eigenvalue weighted by Gasteiger charge is 2.21. The minimum Gasteiger partial charge on any atom is -0.395 e. The maximum Gasteiger partial charge on any atom is 0.271 e. The maximum absolute atomic E-state index is 12.3. The fourth-order valence-electron chi connectivity index (χ4n) is 3.36. The molecule has 1 aromatic heterocycles. The summed E-state index contributed by atoms with van der Waals surface area (Å²) in [6, 6.07) is 0. The number of anilines is 1. The number of nitrogen functional groups attached to an aromatic ring is 1. The Morgan fingerprint density at radius 2 is 2.24 bits per heavy atom. The van der Waals surface area contributed by atoms with Gasteiger partial charge in [-0.05, 0) is 38.5 Å². The highest BCUT2D eigenvalue weighted by Crippen LogP contribution is 2.30. The molecule has 5 nitrogen and oxygen atoms in total. The normalized spacial score (nSPS) is 22.2. The van der Waals surface area contributed by atoms with Crippen molar-refractivity contribution >= 4 is 11.6 Å². The van der Waals surface area contributed by atoms with Crippen molar-refractivity contribution in [2.24, 2.45) is 11.8 Å². The molecule has 0 aromatic carbocycles. The van der Waals surface area contributed by atoms with Crippen LogP contribution >= 0.6 is 0 Å². The number of rotatable bonds is 5. The van der Waals surface area contributed by atoms with Gasteiger partial charge in [0.15, 0.2) is 0 Å². The molecule has 1 amide bonds. The van der Waals surface area contributed by atoms with Crippen LogP contribution in [-0.2, 0) is 6.54 Å². The predicted octanol–water partition coefficient (Wildman–Crippen LogP) is 2.74. The van der Waals surface area contributed by atoms with E-state index in [0.717, 1.165) is 30.5 Å². The van der Waals surface area contributed by atoms with Gasteiger partial charge < -0.3 is 11.1 Å². The van der Waals surface area contributed by atoms with Gasteiger partial charge in [-0.3, -0.25) is 9.48 Å². The zero-order valence-electron chi connectivity index (χ0n) is 13.5. The average molecular weight is 292 g/mol. The second-order valence-electron chi connectivity index (χ2n) is 6.35. The highest BCUT2D eigenvalue weighted by molar-refractivity contribution is 5.97. The van der Waals surface area contributed by atoms with Gasteiger partial charge in [0, 0.05) is 13.1 Å². The fraction of sp³-hybridized carbons (Fsp3) is 0.750. The van der Waals surface area contributed by atoms with E-state index in [1.54, 1.807) is 4.68 Å². The molecule has 1 aromatic rings. The van der Waals surface area contributed by atoms with Crippen LogP contribution in [-0.4, -0.2) is 22.2 Å². The Morgan fingerprint density at radius 1 is 1.48 bits per heavy atom. The number of hydrogen-bond donors (Lipinski definition) is 2. The molecule has 0 aliphatic heterocycles. The standard InChI is InChI=1S/C16H28N4O/c1-4-20-15(14(17)12(3)19-20)16(21)18-9-8-13-7-5-6-11(2)10-13/h11,13H,4-10,17H2,1-3H3,(H,18,21). The summed E-state index contributed by atoms with van der Waals surface area (Å²) in [6.45, 7) is 7.51. The summed E-state index contributed by atoms with van der Waals surface area (Å²) in [4.78, 5) is 12.3. The number of hydrogen-bond acceptors (Lipinski definition) is 3. The summed E-state index contributed by atoms with van der Waals surface area (Å²) in [6.07, 6.45) is 6.34. The molecule has 0 bridgehead atoms. The number of nitrogens with zero attached hydrogens (tertiary/aromatic N) is 2. The van der Waals surface area contributed by atoms with Gasteiger partial charge in [-0.2, -0.15) is 5.10 Å². The molecule has 1 aliphatic carbocycles. The van der Waals surface area contributed by atoms with Crippen molar-refractivity contribution in [3.05, 3.63) is 11.4 Å². The van der Waals surface area contributed by atoms with Crippen LogP contribution in [0.5, 0.6) is 0 Å². The van der Waals surface area contributed by atoms with E-state index in [1.807, 2.05) is 13.8 Å². The van der Waals surface area contributed by atoms with E-state index >= 15 is 0 Å². The number of aromatic nitrogens is 2. The third-order valence-electron chi connectivity index (χ3n) is 4.57. The van der Waals surface area contributed by atoms with Gasteiger partial charge in [0.25, 0.3) is 5.91 Å². The zero-order valence-corrected chi connectivity index (χ0v) is 13.5. The lowest BCUT2D eigenvalue weighted by atomic mass is 9.81. The van der Waals surface area contributed by atoms with Crippen molar-refractivity contribution in [1.29, 1.82) is 0 Å². The van der Waals surface area contributed by atoms with Gasteiger partial charge in [-0.15, -0.1) is 0 Å². The number of amides is 1. The topological polar surface area (TPSA) is 72.9 Å². The molecular weight excluding hydrogens is 264 g/mol. The SMILES string of the molecule is CCn1nc(C)c(N)c1C(=O)NCCC1CCCC(C)C1. The largest absolute Gasteiger partial charge is 0.395 e. The van der Waals surface area contributed by atoms with Crippen LogP contribution in [0, 0.1) is 18.8 Å². The van der Waals surface area contributed by atoms with Crippen molar-refractivity contribution in [3.8, 4) is 0 Å². The van der Waals surface area contributed by atoms with Crippen LogP contribution in [0.1, 0.15) is 62.1 Å². The first-order valence-corrected chi connectivity index (χ1v) is 8.14. The molecule has 0 spiro atoms. The van der Waals surface area contributed by atoms with Gasteiger partial charge in [-0.25, -0.2) is 0 Å². The Balaban J connectivity index is 1.87. The van der Waals surface area contributed by atoms with E-state index in [4.69, 9.17) is 5.73 Å². The molecule has 2 rings (SSSR count). The molecule has 21 heavy (non-hydrogen) atoms. The summed E-state index contributed by atoms with van der Waals surface area (Å²) in [5.41, 5.74) is 7.70. The lowest BCUT2D eigenvalue weighted by molar-refractivity contribution is 0.0940. The van der Waals surface area contributed by atoms with Gasteiger partial charge in [0.1, 0.15) is 5.69 Å². The molecular formula is C16H28N4O. The quantitative estimate of drug-likeness (QED) is 0.876. The lowest BCUT2D eigenvalue weighted by Crippen LogP contribution is -2.29. The first-order chi connectivity index (χ1) is 10.0. The third kappa shape index (κ3) is 3.77. The minimum absolute atomic E-state index is 0.0983. The highest BCUT2D eigenvalue weighted by atomic mass is 16.2. The van der Waals surface area contributed by atoms with Gasteiger partial charge >= 0.3 is 0 Å². The molecule has 1 heterocycles. The first-order valence-electron chi connectivity index (χ1n) is 8.14. The zero-order chi connectivity index (χ0) is 15.4. The molecule has 118 valence electrons. The molecule has 2 unspecified atom stereocenters. The smallest absolute Gasteiger partial charge is 0.271 e. The number of carbonyl (C=O) groups is 1. The Bertz CT molecular complexity index is 495. The number of aryl methyl sites for hydroxylation is 2. The molecule has 1 aliphatic rings. The Morgan fingerprint density at radius 3 is 2.90 bits per heavy atom. The number of carbonyl (C=O) groups excluding carboxylic acids is 1. The van der Waals surface area contributed by atoms with Gasteiger partial charge in [0.2, 0.25) is 0 Å². The second-order valence-corrected chi connectivity index (χ2v) is 6.35. The summed E-state index contributed by atoms with van der Waals surface area (Å²) in [7, 11) is 0. The number of nitrogens with two attached hydrogens (primary N) is 1. The number of nitrogens with one attached hydrogen (secondary N) is 1. The second kappa shape index (κ2) is 6.96. The Hall–Kier alpha value is -1.52. The van der Waals surface area contributed by atoms with Crippen LogP contribution in [0.25, 0.3) is 0 Å². The summed E-state index contributed by atoms with van der Waals surface area (Å²) < 4.78 is 1.68. The first kappa shape index (κ1) is 15.9.